The van der Waals surface area contributed by atoms with Crippen molar-refractivity contribution < 1.29 is 9.18 Å². The predicted octanol–water partition coefficient (Wildman–Crippen LogP) is 2.43. The number of carbonyl (C=O) groups excluding carboxylic acids is 1. The average molecular weight is 164 g/mol. The van der Waals surface area contributed by atoms with Crippen molar-refractivity contribution >= 4 is 12.4 Å². The molecule has 0 aliphatic heterocycles. The van der Waals surface area contributed by atoms with E-state index in [2.05, 4.69) is 0 Å². The van der Waals surface area contributed by atoms with Crippen LogP contribution < -0.4 is 0 Å². The van der Waals surface area contributed by atoms with Gasteiger partial charge in [0.15, 0.2) is 0 Å². The smallest absolute Gasteiger partial charge is 0.130 e. The van der Waals surface area contributed by atoms with Crippen molar-refractivity contribution in [1.29, 1.82) is 0 Å². The average Bonchev–Trinajstić information content (AvgIpc) is 2.09. The van der Waals surface area contributed by atoms with Crippen LogP contribution in [0.25, 0.3) is 6.08 Å². The molecule has 0 aromatic heterocycles. The Balaban J connectivity index is 2.74. The SMILES string of the molecule is O=CCC=Cc1ccccc1F. The molecule has 0 aliphatic carbocycles. The second-order valence-electron chi connectivity index (χ2n) is 2.33. The van der Waals surface area contributed by atoms with Crippen LogP contribution in [-0.2, 0) is 4.79 Å². The molecule has 0 unspecified atom stereocenters. The molecular formula is C10H9FO. The summed E-state index contributed by atoms with van der Waals surface area (Å²) in [6.45, 7) is 0. The molecule has 1 rings (SSSR count). The van der Waals surface area contributed by atoms with Crippen LogP contribution in [0.4, 0.5) is 4.39 Å². The van der Waals surface area contributed by atoms with E-state index in [0.29, 0.717) is 12.0 Å². The van der Waals surface area contributed by atoms with Gasteiger partial charge in [0.05, 0.1) is 0 Å². The summed E-state index contributed by atoms with van der Waals surface area (Å²) in [6, 6.07) is 6.44. The lowest BCUT2D eigenvalue weighted by molar-refractivity contribution is -0.107. The van der Waals surface area contributed by atoms with Crippen molar-refractivity contribution in [3.05, 3.63) is 41.7 Å². The van der Waals surface area contributed by atoms with E-state index in [9.17, 15) is 9.18 Å². The lowest BCUT2D eigenvalue weighted by atomic mass is 10.2. The second kappa shape index (κ2) is 4.44. The molecule has 0 N–H and O–H groups in total. The van der Waals surface area contributed by atoms with Crippen molar-refractivity contribution in [2.75, 3.05) is 0 Å². The number of hydrogen-bond donors (Lipinski definition) is 0. The molecule has 0 spiro atoms. The zero-order valence-corrected chi connectivity index (χ0v) is 6.53. The van der Waals surface area contributed by atoms with Crippen molar-refractivity contribution in [2.45, 2.75) is 6.42 Å². The number of halogens is 1. The van der Waals surface area contributed by atoms with Gasteiger partial charge < -0.3 is 4.79 Å². The largest absolute Gasteiger partial charge is 0.303 e. The minimum Gasteiger partial charge on any atom is -0.303 e. The second-order valence-corrected chi connectivity index (χ2v) is 2.33. The summed E-state index contributed by atoms with van der Waals surface area (Å²) in [5, 5.41) is 0. The molecule has 0 amide bonds. The lowest BCUT2D eigenvalue weighted by Crippen LogP contribution is -1.79. The van der Waals surface area contributed by atoms with Crippen molar-refractivity contribution in [1.82, 2.24) is 0 Å². The highest BCUT2D eigenvalue weighted by atomic mass is 19.1. The van der Waals surface area contributed by atoms with Crippen LogP contribution in [0.1, 0.15) is 12.0 Å². The summed E-state index contributed by atoms with van der Waals surface area (Å²) in [6.07, 6.45) is 4.33. The zero-order chi connectivity index (χ0) is 8.81. The quantitative estimate of drug-likeness (QED) is 0.627. The fourth-order valence-electron chi connectivity index (χ4n) is 0.861. The molecule has 0 radical (unpaired) electrons. The highest BCUT2D eigenvalue weighted by Gasteiger charge is 1.93. The summed E-state index contributed by atoms with van der Waals surface area (Å²) >= 11 is 0. The van der Waals surface area contributed by atoms with Crippen LogP contribution in [0.3, 0.4) is 0 Å². The molecule has 0 atom stereocenters. The summed E-state index contributed by atoms with van der Waals surface area (Å²) in [7, 11) is 0. The van der Waals surface area contributed by atoms with Gasteiger partial charge in [0.25, 0.3) is 0 Å². The van der Waals surface area contributed by atoms with Gasteiger partial charge in [0, 0.05) is 12.0 Å². The van der Waals surface area contributed by atoms with E-state index in [1.807, 2.05) is 0 Å². The van der Waals surface area contributed by atoms with Crippen molar-refractivity contribution in [3.8, 4) is 0 Å². The van der Waals surface area contributed by atoms with E-state index >= 15 is 0 Å². The lowest BCUT2D eigenvalue weighted by Gasteiger charge is -1.93. The van der Waals surface area contributed by atoms with Gasteiger partial charge in [0.2, 0.25) is 0 Å². The van der Waals surface area contributed by atoms with Crippen LogP contribution in [0.15, 0.2) is 30.3 Å². The Kier molecular flexibility index (Phi) is 3.20. The zero-order valence-electron chi connectivity index (χ0n) is 6.53. The van der Waals surface area contributed by atoms with E-state index in [1.54, 1.807) is 30.4 Å². The summed E-state index contributed by atoms with van der Waals surface area (Å²) in [5.41, 5.74) is 0.513. The van der Waals surface area contributed by atoms with E-state index in [-0.39, 0.29) is 5.82 Å². The van der Waals surface area contributed by atoms with E-state index in [1.165, 1.54) is 6.07 Å². The summed E-state index contributed by atoms with van der Waals surface area (Å²) < 4.78 is 12.9. The number of aldehydes is 1. The maximum Gasteiger partial charge on any atom is 0.130 e. The fraction of sp³-hybridized carbons (Fsp3) is 0.100. The van der Waals surface area contributed by atoms with Gasteiger partial charge in [-0.25, -0.2) is 4.39 Å². The number of hydrogen-bond acceptors (Lipinski definition) is 1. The van der Waals surface area contributed by atoms with Gasteiger partial charge in [0.1, 0.15) is 12.1 Å². The summed E-state index contributed by atoms with van der Waals surface area (Å²) in [5.74, 6) is -0.264. The normalized spacial score (nSPS) is 10.4. The van der Waals surface area contributed by atoms with Crippen LogP contribution in [0, 0.1) is 5.82 Å². The predicted molar refractivity (Wildman–Crippen MR) is 46.1 cm³/mol. The maximum absolute atomic E-state index is 12.9. The monoisotopic (exact) mass is 164 g/mol. The van der Waals surface area contributed by atoms with Gasteiger partial charge >= 0.3 is 0 Å². The van der Waals surface area contributed by atoms with Crippen molar-refractivity contribution in [3.63, 3.8) is 0 Å². The van der Waals surface area contributed by atoms with Crippen LogP contribution >= 0.6 is 0 Å². The van der Waals surface area contributed by atoms with Crippen LogP contribution in [0.2, 0.25) is 0 Å². The number of benzene rings is 1. The topological polar surface area (TPSA) is 17.1 Å². The van der Waals surface area contributed by atoms with Gasteiger partial charge in [-0.05, 0) is 6.07 Å². The highest BCUT2D eigenvalue weighted by Crippen LogP contribution is 2.07. The van der Waals surface area contributed by atoms with Crippen molar-refractivity contribution in [2.24, 2.45) is 0 Å². The molecule has 0 saturated carbocycles. The minimum atomic E-state index is -0.264. The van der Waals surface area contributed by atoms with Gasteiger partial charge in [-0.1, -0.05) is 30.4 Å². The van der Waals surface area contributed by atoms with E-state index in [0.717, 1.165) is 6.29 Å². The molecule has 0 bridgehead atoms. The van der Waals surface area contributed by atoms with E-state index < -0.39 is 0 Å². The molecule has 12 heavy (non-hydrogen) atoms. The molecule has 2 heteroatoms. The first-order chi connectivity index (χ1) is 5.84. The Morgan fingerprint density at radius 2 is 2.08 bits per heavy atom. The molecule has 1 nitrogen and oxygen atoms in total. The molecule has 1 aromatic rings. The molecule has 0 aliphatic rings. The molecule has 0 saturated heterocycles. The van der Waals surface area contributed by atoms with Gasteiger partial charge in [-0.3, -0.25) is 0 Å². The standard InChI is InChI=1S/C10H9FO/c11-10-7-2-1-5-9(10)6-3-4-8-12/h1-3,5-8H,4H2. The maximum atomic E-state index is 12.9. The Labute approximate surface area is 70.5 Å². The molecule has 62 valence electrons. The first-order valence-electron chi connectivity index (χ1n) is 3.69. The highest BCUT2D eigenvalue weighted by molar-refractivity contribution is 5.58. The molecule has 0 heterocycles. The Hall–Kier alpha value is -1.44. The first-order valence-corrected chi connectivity index (χ1v) is 3.69. The minimum absolute atomic E-state index is 0.264. The Morgan fingerprint density at radius 1 is 1.33 bits per heavy atom. The van der Waals surface area contributed by atoms with Crippen LogP contribution in [0.5, 0.6) is 0 Å². The summed E-state index contributed by atoms with van der Waals surface area (Å²) in [4.78, 5) is 9.93. The molecule has 1 aromatic carbocycles. The third-order valence-corrected chi connectivity index (χ3v) is 1.43. The van der Waals surface area contributed by atoms with Crippen LogP contribution in [-0.4, -0.2) is 6.29 Å². The van der Waals surface area contributed by atoms with Gasteiger partial charge in [-0.15, -0.1) is 0 Å². The number of carbonyl (C=O) groups is 1. The fourth-order valence-corrected chi connectivity index (χ4v) is 0.861. The Bertz CT molecular complexity index is 292. The third kappa shape index (κ3) is 2.31. The third-order valence-electron chi connectivity index (χ3n) is 1.43. The molecular weight excluding hydrogens is 155 g/mol. The van der Waals surface area contributed by atoms with Gasteiger partial charge in [-0.2, -0.15) is 0 Å². The first kappa shape index (κ1) is 8.65. The Morgan fingerprint density at radius 3 is 2.75 bits per heavy atom. The number of allylic oxidation sites excluding steroid dienone is 1. The molecule has 0 fully saturated rings. The number of rotatable bonds is 3. The van der Waals surface area contributed by atoms with E-state index in [4.69, 9.17) is 0 Å².